The van der Waals surface area contributed by atoms with Gasteiger partial charge in [-0.2, -0.15) is 23.5 Å². The average molecular weight is 343 g/mol. The van der Waals surface area contributed by atoms with Crippen LogP contribution in [0.3, 0.4) is 0 Å². The van der Waals surface area contributed by atoms with Crippen molar-refractivity contribution >= 4 is 23.3 Å². The third-order valence-corrected chi connectivity index (χ3v) is 3.19. The van der Waals surface area contributed by atoms with Crippen molar-refractivity contribution in [1.29, 1.82) is 5.26 Å². The minimum atomic E-state index is -4.53. The number of aromatic nitrogens is 2. The summed E-state index contributed by atoms with van der Waals surface area (Å²) >= 11 is 5.75. The van der Waals surface area contributed by atoms with E-state index in [1.165, 1.54) is 10.7 Å². The smallest absolute Gasteiger partial charge is 0.305 e. The number of carbonyl (C=O) groups is 1. The van der Waals surface area contributed by atoms with Gasteiger partial charge in [-0.1, -0.05) is 11.6 Å². The predicted octanol–water partition coefficient (Wildman–Crippen LogP) is 3.72. The van der Waals surface area contributed by atoms with Gasteiger partial charge in [-0.15, -0.1) is 0 Å². The first-order chi connectivity index (χ1) is 10.8. The quantitative estimate of drug-likeness (QED) is 0.920. The maximum Gasteiger partial charge on any atom is 0.416 e. The van der Waals surface area contributed by atoms with Gasteiger partial charge < -0.3 is 5.32 Å². The van der Waals surface area contributed by atoms with E-state index < -0.39 is 17.6 Å². The zero-order valence-electron chi connectivity index (χ0n) is 11.6. The molecular weight excluding hydrogens is 333 g/mol. The Hall–Kier alpha value is -2.53. The summed E-state index contributed by atoms with van der Waals surface area (Å²) in [6, 6.07) is 5.95. The van der Waals surface area contributed by atoms with Crippen LogP contribution in [0.2, 0.25) is 5.02 Å². The van der Waals surface area contributed by atoms with Crippen LogP contribution < -0.4 is 5.32 Å². The van der Waals surface area contributed by atoms with Crippen LogP contribution in [-0.4, -0.2) is 15.7 Å². The van der Waals surface area contributed by atoms with E-state index in [1.807, 2.05) is 6.07 Å². The van der Waals surface area contributed by atoms with Gasteiger partial charge in [0.1, 0.15) is 0 Å². The zero-order valence-corrected chi connectivity index (χ0v) is 12.3. The highest BCUT2D eigenvalue weighted by molar-refractivity contribution is 6.34. The Bertz CT molecular complexity index is 764. The number of nitriles is 1. The number of halogens is 4. The van der Waals surface area contributed by atoms with Crippen LogP contribution in [0.15, 0.2) is 30.5 Å². The van der Waals surface area contributed by atoms with Crippen LogP contribution in [0.5, 0.6) is 0 Å². The van der Waals surface area contributed by atoms with Crippen molar-refractivity contribution in [2.45, 2.75) is 19.1 Å². The number of carbonyl (C=O) groups excluding carboxylic acids is 1. The molecule has 2 rings (SSSR count). The molecule has 0 saturated heterocycles. The van der Waals surface area contributed by atoms with Gasteiger partial charge in [-0.25, -0.2) is 0 Å². The van der Waals surface area contributed by atoms with Crippen molar-refractivity contribution in [3.8, 4) is 6.07 Å². The fourth-order valence-corrected chi connectivity index (χ4v) is 2.04. The van der Waals surface area contributed by atoms with Crippen LogP contribution in [0.4, 0.5) is 19.0 Å². The Morgan fingerprint density at radius 2 is 2.13 bits per heavy atom. The molecule has 1 N–H and O–H groups in total. The molecule has 1 heterocycles. The fourth-order valence-electron chi connectivity index (χ4n) is 1.78. The first-order valence-electron chi connectivity index (χ1n) is 6.40. The Morgan fingerprint density at radius 1 is 1.39 bits per heavy atom. The van der Waals surface area contributed by atoms with E-state index in [0.717, 1.165) is 12.1 Å². The van der Waals surface area contributed by atoms with E-state index in [2.05, 4.69) is 10.4 Å². The largest absolute Gasteiger partial charge is 0.416 e. The third kappa shape index (κ3) is 4.23. The Morgan fingerprint density at radius 3 is 2.74 bits per heavy atom. The van der Waals surface area contributed by atoms with Gasteiger partial charge in [0.2, 0.25) is 0 Å². The molecule has 1 aromatic heterocycles. The number of nitrogens with zero attached hydrogens (tertiary/aromatic N) is 3. The van der Waals surface area contributed by atoms with E-state index in [0.29, 0.717) is 12.6 Å². The molecule has 0 aliphatic rings. The molecule has 0 unspecified atom stereocenters. The van der Waals surface area contributed by atoms with Crippen LogP contribution >= 0.6 is 11.6 Å². The highest BCUT2D eigenvalue weighted by Gasteiger charge is 2.31. The molecule has 0 bridgehead atoms. The lowest BCUT2D eigenvalue weighted by molar-refractivity contribution is -0.137. The van der Waals surface area contributed by atoms with Crippen molar-refractivity contribution in [3.05, 3.63) is 46.6 Å². The Labute approximate surface area is 134 Å². The molecule has 120 valence electrons. The molecule has 0 atom stereocenters. The lowest BCUT2D eigenvalue weighted by Gasteiger charge is -2.09. The van der Waals surface area contributed by atoms with Gasteiger partial charge in [0.25, 0.3) is 5.91 Å². The van der Waals surface area contributed by atoms with Gasteiger partial charge in [-0.3, -0.25) is 9.48 Å². The number of alkyl halides is 3. The minimum absolute atomic E-state index is 0.0914. The van der Waals surface area contributed by atoms with Crippen molar-refractivity contribution in [2.75, 3.05) is 5.32 Å². The van der Waals surface area contributed by atoms with E-state index in [4.69, 9.17) is 16.9 Å². The highest BCUT2D eigenvalue weighted by atomic mass is 35.5. The van der Waals surface area contributed by atoms with E-state index in [9.17, 15) is 18.0 Å². The van der Waals surface area contributed by atoms with Crippen LogP contribution in [0, 0.1) is 11.3 Å². The number of aryl methyl sites for hydroxylation is 1. The summed E-state index contributed by atoms with van der Waals surface area (Å²) in [6.45, 7) is 0.368. The minimum Gasteiger partial charge on any atom is -0.305 e. The highest BCUT2D eigenvalue weighted by Crippen LogP contribution is 2.32. The maximum atomic E-state index is 12.6. The summed E-state index contributed by atoms with van der Waals surface area (Å²) in [7, 11) is 0. The molecule has 0 aliphatic heterocycles. The summed E-state index contributed by atoms with van der Waals surface area (Å²) in [5, 5.41) is 14.6. The molecular formula is C14H10ClF3N4O. The van der Waals surface area contributed by atoms with E-state index in [1.54, 1.807) is 6.20 Å². The van der Waals surface area contributed by atoms with E-state index in [-0.39, 0.29) is 22.8 Å². The molecule has 2 aromatic rings. The Kier molecular flexibility index (Phi) is 4.91. The molecule has 0 spiro atoms. The first kappa shape index (κ1) is 16.8. The summed E-state index contributed by atoms with van der Waals surface area (Å²) < 4.78 is 39.1. The molecule has 1 aromatic carbocycles. The summed E-state index contributed by atoms with van der Waals surface area (Å²) in [5.74, 6) is -0.460. The second-order valence-electron chi connectivity index (χ2n) is 4.52. The zero-order chi connectivity index (χ0) is 17.0. The Balaban J connectivity index is 2.12. The van der Waals surface area contributed by atoms with Crippen molar-refractivity contribution < 1.29 is 18.0 Å². The van der Waals surface area contributed by atoms with Crippen molar-refractivity contribution in [1.82, 2.24) is 9.78 Å². The molecule has 5 nitrogen and oxygen atoms in total. The number of benzene rings is 1. The summed E-state index contributed by atoms with van der Waals surface area (Å²) in [4.78, 5) is 12.0. The van der Waals surface area contributed by atoms with Gasteiger partial charge in [0, 0.05) is 12.3 Å². The first-order valence-corrected chi connectivity index (χ1v) is 6.77. The SMILES string of the molecule is N#CCCn1ccc(NC(=O)c2ccc(C(F)(F)F)cc2Cl)n1. The predicted molar refractivity (Wildman–Crippen MR) is 76.9 cm³/mol. The second-order valence-corrected chi connectivity index (χ2v) is 4.93. The summed E-state index contributed by atoms with van der Waals surface area (Å²) in [6.07, 6.45) is -2.70. The monoisotopic (exact) mass is 342 g/mol. The molecule has 1 amide bonds. The number of anilines is 1. The molecule has 9 heteroatoms. The molecule has 0 radical (unpaired) electrons. The van der Waals surface area contributed by atoms with E-state index >= 15 is 0 Å². The molecule has 0 aliphatic carbocycles. The van der Waals surface area contributed by atoms with Crippen molar-refractivity contribution in [3.63, 3.8) is 0 Å². The number of hydrogen-bond donors (Lipinski definition) is 1. The molecule has 0 fully saturated rings. The fraction of sp³-hybridized carbons (Fsp3) is 0.214. The number of hydrogen-bond acceptors (Lipinski definition) is 3. The third-order valence-electron chi connectivity index (χ3n) is 2.88. The number of rotatable bonds is 4. The normalized spacial score (nSPS) is 11.1. The van der Waals surface area contributed by atoms with Crippen LogP contribution in [0.1, 0.15) is 22.3 Å². The maximum absolute atomic E-state index is 12.6. The van der Waals surface area contributed by atoms with Gasteiger partial charge in [0.05, 0.1) is 35.2 Å². The second kappa shape index (κ2) is 6.71. The molecule has 23 heavy (non-hydrogen) atoms. The standard InChI is InChI=1S/C14H10ClF3N4O/c15-11-8-9(14(16,17)18)2-3-10(11)13(23)20-12-4-7-22(21-12)6-1-5-19/h2-4,7-8H,1,6H2,(H,20,21,23). The van der Waals surface area contributed by atoms with Gasteiger partial charge in [-0.05, 0) is 18.2 Å². The topological polar surface area (TPSA) is 70.7 Å². The summed E-state index contributed by atoms with van der Waals surface area (Å²) in [5.41, 5.74) is -1.02. The lowest BCUT2D eigenvalue weighted by atomic mass is 10.1. The lowest BCUT2D eigenvalue weighted by Crippen LogP contribution is -2.14. The van der Waals surface area contributed by atoms with Gasteiger partial charge in [0.15, 0.2) is 5.82 Å². The van der Waals surface area contributed by atoms with Crippen molar-refractivity contribution in [2.24, 2.45) is 0 Å². The molecule has 0 saturated carbocycles. The number of amides is 1. The van der Waals surface area contributed by atoms with Crippen LogP contribution in [-0.2, 0) is 12.7 Å². The van der Waals surface area contributed by atoms with Crippen LogP contribution in [0.25, 0.3) is 0 Å². The number of nitrogens with one attached hydrogen (secondary N) is 1. The van der Waals surface area contributed by atoms with Gasteiger partial charge >= 0.3 is 6.18 Å². The average Bonchev–Trinajstić information content (AvgIpc) is 2.91.